The van der Waals surface area contributed by atoms with Crippen molar-refractivity contribution in [3.05, 3.63) is 29.8 Å². The number of hydrogen-bond acceptors (Lipinski definition) is 3. The van der Waals surface area contributed by atoms with Crippen molar-refractivity contribution in [3.63, 3.8) is 0 Å². The van der Waals surface area contributed by atoms with Crippen LogP contribution in [0.4, 0.5) is 0 Å². The Hall–Kier alpha value is -1.40. The molecule has 1 aromatic rings. The molecule has 0 aliphatic rings. The molecule has 1 aromatic carbocycles. The minimum atomic E-state index is -4.16. The van der Waals surface area contributed by atoms with Gasteiger partial charge in [0.15, 0.2) is 0 Å². The van der Waals surface area contributed by atoms with Crippen LogP contribution in [0, 0.1) is 0 Å². The second-order valence-corrected chi connectivity index (χ2v) is 7.30. The Morgan fingerprint density at radius 2 is 1.61 bits per heavy atom. The van der Waals surface area contributed by atoms with Crippen LogP contribution in [-0.2, 0) is 14.9 Å². The van der Waals surface area contributed by atoms with Crippen LogP contribution in [0.1, 0.15) is 69.8 Å². The number of aliphatic carboxylic acids is 1. The van der Waals surface area contributed by atoms with Crippen LogP contribution in [0.25, 0.3) is 0 Å². The minimum absolute atomic E-state index is 0.0977. The Morgan fingerprint density at radius 3 is 2.09 bits per heavy atom. The number of carbonyl (C=O) groups is 1. The van der Waals surface area contributed by atoms with Gasteiger partial charge in [-0.2, -0.15) is 8.42 Å². The fraction of sp³-hybridized carbons (Fsp3) is 0.588. The molecule has 2 N–H and O–H groups in total. The zero-order chi connectivity index (χ0) is 17.3. The molecule has 0 saturated carbocycles. The maximum atomic E-state index is 11.1. The molecule has 0 spiro atoms. The highest BCUT2D eigenvalue weighted by molar-refractivity contribution is 7.85. The van der Waals surface area contributed by atoms with Gasteiger partial charge in [-0.25, -0.2) is 0 Å². The summed E-state index contributed by atoms with van der Waals surface area (Å²) in [6.07, 6.45) is 6.95. The highest BCUT2D eigenvalue weighted by atomic mass is 32.2. The van der Waals surface area contributed by atoms with Crippen LogP contribution in [-0.4, -0.2) is 24.0 Å². The Labute approximate surface area is 138 Å². The van der Waals surface area contributed by atoms with Gasteiger partial charge >= 0.3 is 5.97 Å². The van der Waals surface area contributed by atoms with Gasteiger partial charge in [0.2, 0.25) is 0 Å². The Bertz CT molecular complexity index is 578. The quantitative estimate of drug-likeness (QED) is 0.463. The molecule has 0 aliphatic carbocycles. The third-order valence-corrected chi connectivity index (χ3v) is 4.87. The van der Waals surface area contributed by atoms with Crippen molar-refractivity contribution in [2.45, 2.75) is 69.1 Å². The first-order valence-corrected chi connectivity index (χ1v) is 9.58. The Balaban J connectivity index is 2.71. The number of hydrogen-bond donors (Lipinski definition) is 2. The first-order valence-electron chi connectivity index (χ1n) is 8.13. The molecular formula is C17H26O5S. The molecule has 0 aromatic heterocycles. The zero-order valence-corrected chi connectivity index (χ0v) is 14.4. The van der Waals surface area contributed by atoms with Gasteiger partial charge < -0.3 is 5.11 Å². The second-order valence-electron chi connectivity index (χ2n) is 5.88. The molecule has 5 nitrogen and oxygen atoms in total. The monoisotopic (exact) mass is 342 g/mol. The maximum absolute atomic E-state index is 11.1. The summed E-state index contributed by atoms with van der Waals surface area (Å²) in [5, 5.41) is 8.70. The van der Waals surface area contributed by atoms with E-state index in [1.165, 1.54) is 12.1 Å². The molecule has 0 amide bonds. The second kappa shape index (κ2) is 9.67. The lowest BCUT2D eigenvalue weighted by atomic mass is 9.88. The predicted molar refractivity (Wildman–Crippen MR) is 89.2 cm³/mol. The van der Waals surface area contributed by atoms with E-state index in [1.54, 1.807) is 12.1 Å². The normalized spacial score (nSPS) is 13.0. The molecule has 0 bridgehead atoms. The number of rotatable bonds is 11. The Kier molecular flexibility index (Phi) is 8.26. The molecule has 1 atom stereocenters. The van der Waals surface area contributed by atoms with Crippen molar-refractivity contribution in [2.75, 3.05) is 0 Å². The number of carboxylic acid groups (broad SMARTS) is 1. The van der Waals surface area contributed by atoms with E-state index in [0.29, 0.717) is 12.3 Å². The van der Waals surface area contributed by atoms with Gasteiger partial charge in [0.05, 0.1) is 4.90 Å². The number of benzene rings is 1. The molecule has 130 valence electrons. The maximum Gasteiger partial charge on any atom is 0.303 e. The summed E-state index contributed by atoms with van der Waals surface area (Å²) in [7, 11) is -4.16. The average molecular weight is 342 g/mol. The van der Waals surface area contributed by atoms with Crippen LogP contribution in [0.15, 0.2) is 29.2 Å². The SMILES string of the molecule is CCCCCC(CCCCC(=O)O)c1ccc(S(=O)(=O)O)cc1. The summed E-state index contributed by atoms with van der Waals surface area (Å²) in [5.41, 5.74) is 1.05. The smallest absolute Gasteiger partial charge is 0.303 e. The van der Waals surface area contributed by atoms with Crippen molar-refractivity contribution in [3.8, 4) is 0 Å². The minimum Gasteiger partial charge on any atom is -0.481 e. The first kappa shape index (κ1) is 19.6. The van der Waals surface area contributed by atoms with Crippen LogP contribution < -0.4 is 0 Å². The van der Waals surface area contributed by atoms with E-state index < -0.39 is 16.1 Å². The molecule has 6 heteroatoms. The molecule has 0 fully saturated rings. The lowest BCUT2D eigenvalue weighted by Gasteiger charge is -2.17. The van der Waals surface area contributed by atoms with E-state index in [2.05, 4.69) is 6.92 Å². The van der Waals surface area contributed by atoms with Gasteiger partial charge in [-0.05, 0) is 42.9 Å². The lowest BCUT2D eigenvalue weighted by molar-refractivity contribution is -0.137. The molecular weight excluding hydrogens is 316 g/mol. The molecule has 0 heterocycles. The highest BCUT2D eigenvalue weighted by Gasteiger charge is 2.14. The van der Waals surface area contributed by atoms with Crippen molar-refractivity contribution < 1.29 is 22.9 Å². The van der Waals surface area contributed by atoms with E-state index in [1.807, 2.05) is 0 Å². The van der Waals surface area contributed by atoms with Gasteiger partial charge in [-0.3, -0.25) is 9.35 Å². The van der Waals surface area contributed by atoms with Gasteiger partial charge in [0.25, 0.3) is 10.1 Å². The van der Waals surface area contributed by atoms with Crippen LogP contribution in [0.5, 0.6) is 0 Å². The van der Waals surface area contributed by atoms with E-state index >= 15 is 0 Å². The fourth-order valence-corrected chi connectivity index (χ4v) is 3.18. The van der Waals surface area contributed by atoms with E-state index in [9.17, 15) is 13.2 Å². The molecule has 0 radical (unpaired) electrons. The first-order chi connectivity index (χ1) is 10.8. The van der Waals surface area contributed by atoms with Gasteiger partial charge in [-0.1, -0.05) is 44.7 Å². The van der Waals surface area contributed by atoms with Crippen molar-refractivity contribution in [1.29, 1.82) is 0 Å². The largest absolute Gasteiger partial charge is 0.481 e. The Morgan fingerprint density at radius 1 is 1.04 bits per heavy atom. The zero-order valence-electron chi connectivity index (χ0n) is 13.6. The van der Waals surface area contributed by atoms with E-state index in [-0.39, 0.29) is 11.3 Å². The van der Waals surface area contributed by atoms with Crippen LogP contribution in [0.2, 0.25) is 0 Å². The van der Waals surface area contributed by atoms with Crippen LogP contribution >= 0.6 is 0 Å². The van der Waals surface area contributed by atoms with E-state index in [4.69, 9.17) is 9.66 Å². The lowest BCUT2D eigenvalue weighted by Crippen LogP contribution is -2.03. The van der Waals surface area contributed by atoms with Gasteiger partial charge in [0, 0.05) is 6.42 Å². The third-order valence-electron chi connectivity index (χ3n) is 4.00. The van der Waals surface area contributed by atoms with E-state index in [0.717, 1.165) is 44.1 Å². The standard InChI is InChI=1S/C17H26O5S/c1-2-3-4-7-14(8-5-6-9-17(18)19)15-10-12-16(13-11-15)23(20,21)22/h10-14H,2-9H2,1H3,(H,18,19)(H,20,21,22). The molecule has 23 heavy (non-hydrogen) atoms. The third kappa shape index (κ3) is 7.61. The summed E-state index contributed by atoms with van der Waals surface area (Å²) in [6.45, 7) is 2.14. The molecule has 1 unspecified atom stereocenters. The summed E-state index contributed by atoms with van der Waals surface area (Å²) in [4.78, 5) is 10.5. The van der Waals surface area contributed by atoms with Crippen molar-refractivity contribution in [2.24, 2.45) is 0 Å². The summed E-state index contributed by atoms with van der Waals surface area (Å²) >= 11 is 0. The summed E-state index contributed by atoms with van der Waals surface area (Å²) in [5.74, 6) is -0.476. The molecule has 1 rings (SSSR count). The predicted octanol–water partition coefficient (Wildman–Crippen LogP) is 4.24. The number of unbranched alkanes of at least 4 members (excludes halogenated alkanes) is 3. The highest BCUT2D eigenvalue weighted by Crippen LogP contribution is 2.29. The van der Waals surface area contributed by atoms with Crippen LogP contribution in [0.3, 0.4) is 0 Å². The average Bonchev–Trinajstić information content (AvgIpc) is 2.49. The summed E-state index contributed by atoms with van der Waals surface area (Å²) in [6, 6.07) is 6.34. The van der Waals surface area contributed by atoms with Gasteiger partial charge in [0.1, 0.15) is 0 Å². The molecule has 0 aliphatic heterocycles. The summed E-state index contributed by atoms with van der Waals surface area (Å²) < 4.78 is 31.2. The fourth-order valence-electron chi connectivity index (χ4n) is 2.70. The van der Waals surface area contributed by atoms with Gasteiger partial charge in [-0.15, -0.1) is 0 Å². The van der Waals surface area contributed by atoms with Crippen molar-refractivity contribution >= 4 is 16.1 Å². The van der Waals surface area contributed by atoms with Crippen molar-refractivity contribution in [1.82, 2.24) is 0 Å². The molecule has 0 saturated heterocycles. The number of carboxylic acids is 1. The topological polar surface area (TPSA) is 91.7 Å².